The van der Waals surface area contributed by atoms with Crippen LogP contribution in [-0.4, -0.2) is 55.0 Å². The standard InChI is InChI=1S/C23H28ClN3O/c1-19(21-9-11-22(24)12-10-21)25-23(28)18-27-16-14-26(15-17-27)13-5-8-20-6-3-2-4-7-20/h2-12,19H,13-18H2,1H3,(H,25,28)/b8-5+/t19-/m0/s1. The van der Waals surface area contributed by atoms with Crippen LogP contribution in [0.5, 0.6) is 0 Å². The summed E-state index contributed by atoms with van der Waals surface area (Å²) in [6, 6.07) is 17.9. The monoisotopic (exact) mass is 397 g/mol. The number of nitrogens with one attached hydrogen (secondary N) is 1. The van der Waals surface area contributed by atoms with E-state index >= 15 is 0 Å². The van der Waals surface area contributed by atoms with Crippen molar-refractivity contribution >= 4 is 23.6 Å². The number of rotatable bonds is 7. The van der Waals surface area contributed by atoms with E-state index in [0.29, 0.717) is 11.6 Å². The maximum atomic E-state index is 12.4. The van der Waals surface area contributed by atoms with Crippen LogP contribution in [0.2, 0.25) is 5.02 Å². The first-order valence-electron chi connectivity index (χ1n) is 9.81. The topological polar surface area (TPSA) is 35.6 Å². The smallest absolute Gasteiger partial charge is 0.234 e. The summed E-state index contributed by atoms with van der Waals surface area (Å²) in [5.74, 6) is 0.0693. The van der Waals surface area contributed by atoms with E-state index in [1.807, 2.05) is 37.3 Å². The Morgan fingerprint density at radius 3 is 2.36 bits per heavy atom. The summed E-state index contributed by atoms with van der Waals surface area (Å²) in [7, 11) is 0. The second-order valence-electron chi connectivity index (χ2n) is 7.23. The zero-order valence-electron chi connectivity index (χ0n) is 16.4. The molecule has 0 bridgehead atoms. The van der Waals surface area contributed by atoms with E-state index in [1.54, 1.807) is 0 Å². The molecular formula is C23H28ClN3O. The molecule has 2 aromatic rings. The Hall–Kier alpha value is -2.14. The van der Waals surface area contributed by atoms with Crippen molar-refractivity contribution in [1.29, 1.82) is 0 Å². The number of hydrogen-bond acceptors (Lipinski definition) is 3. The van der Waals surface area contributed by atoms with Gasteiger partial charge in [-0.1, -0.05) is 66.2 Å². The van der Waals surface area contributed by atoms with Gasteiger partial charge in [-0.25, -0.2) is 0 Å². The third-order valence-corrected chi connectivity index (χ3v) is 5.31. The number of amides is 1. The van der Waals surface area contributed by atoms with Crippen molar-refractivity contribution in [3.8, 4) is 0 Å². The molecule has 1 atom stereocenters. The molecule has 0 unspecified atom stereocenters. The highest BCUT2D eigenvalue weighted by Gasteiger charge is 2.19. The normalized spacial score (nSPS) is 16.9. The Kier molecular flexibility index (Phi) is 7.66. The molecule has 3 rings (SSSR count). The summed E-state index contributed by atoms with van der Waals surface area (Å²) in [6.45, 7) is 7.20. The lowest BCUT2D eigenvalue weighted by atomic mass is 10.1. The van der Waals surface area contributed by atoms with Crippen LogP contribution in [-0.2, 0) is 4.79 Å². The molecular weight excluding hydrogens is 370 g/mol. The van der Waals surface area contributed by atoms with Crippen molar-refractivity contribution in [2.75, 3.05) is 39.3 Å². The summed E-state index contributed by atoms with van der Waals surface area (Å²) in [4.78, 5) is 17.0. The molecule has 28 heavy (non-hydrogen) atoms. The van der Waals surface area contributed by atoms with Gasteiger partial charge in [0.25, 0.3) is 0 Å². The Bertz CT molecular complexity index is 768. The average Bonchev–Trinajstić information content (AvgIpc) is 2.70. The van der Waals surface area contributed by atoms with Gasteiger partial charge in [0.1, 0.15) is 0 Å². The summed E-state index contributed by atoms with van der Waals surface area (Å²) in [5.41, 5.74) is 2.29. The number of halogens is 1. The highest BCUT2D eigenvalue weighted by Crippen LogP contribution is 2.16. The van der Waals surface area contributed by atoms with Crippen molar-refractivity contribution in [2.24, 2.45) is 0 Å². The Balaban J connectivity index is 1.37. The molecule has 0 spiro atoms. The molecule has 2 aromatic carbocycles. The minimum absolute atomic E-state index is 0.0193. The van der Waals surface area contributed by atoms with E-state index < -0.39 is 0 Å². The van der Waals surface area contributed by atoms with Gasteiger partial charge < -0.3 is 5.32 Å². The van der Waals surface area contributed by atoms with Gasteiger partial charge in [-0.05, 0) is 30.2 Å². The van der Waals surface area contributed by atoms with Gasteiger partial charge in [0.2, 0.25) is 5.91 Å². The second kappa shape index (κ2) is 10.4. The SMILES string of the molecule is C[C@H](NC(=O)CN1CCN(C/C=C/c2ccccc2)CC1)c1ccc(Cl)cc1. The Labute approximate surface area is 172 Å². The highest BCUT2D eigenvalue weighted by molar-refractivity contribution is 6.30. The molecule has 0 saturated carbocycles. The lowest BCUT2D eigenvalue weighted by Crippen LogP contribution is -2.49. The van der Waals surface area contributed by atoms with Gasteiger partial charge in [0.15, 0.2) is 0 Å². The lowest BCUT2D eigenvalue weighted by Gasteiger charge is -2.33. The average molecular weight is 398 g/mol. The van der Waals surface area contributed by atoms with Crippen LogP contribution >= 0.6 is 11.6 Å². The number of piperazine rings is 1. The zero-order chi connectivity index (χ0) is 19.8. The molecule has 1 saturated heterocycles. The zero-order valence-corrected chi connectivity index (χ0v) is 17.1. The molecule has 1 fully saturated rings. The molecule has 0 radical (unpaired) electrons. The van der Waals surface area contributed by atoms with Crippen LogP contribution in [0.4, 0.5) is 0 Å². The van der Waals surface area contributed by atoms with Gasteiger partial charge in [0.05, 0.1) is 12.6 Å². The quantitative estimate of drug-likeness (QED) is 0.770. The third-order valence-electron chi connectivity index (χ3n) is 5.05. The van der Waals surface area contributed by atoms with Crippen LogP contribution < -0.4 is 5.32 Å². The van der Waals surface area contributed by atoms with Crippen LogP contribution in [0.1, 0.15) is 24.1 Å². The van der Waals surface area contributed by atoms with E-state index in [-0.39, 0.29) is 11.9 Å². The molecule has 1 amide bonds. The summed E-state index contributed by atoms with van der Waals surface area (Å²) < 4.78 is 0. The first-order chi connectivity index (χ1) is 13.6. The van der Waals surface area contributed by atoms with Crippen LogP contribution in [0.3, 0.4) is 0 Å². The van der Waals surface area contributed by atoms with E-state index in [2.05, 4.69) is 51.5 Å². The van der Waals surface area contributed by atoms with Crippen LogP contribution in [0.25, 0.3) is 6.08 Å². The number of benzene rings is 2. The van der Waals surface area contributed by atoms with Gasteiger partial charge in [-0.15, -0.1) is 0 Å². The maximum Gasteiger partial charge on any atom is 0.234 e. The van der Waals surface area contributed by atoms with Crippen molar-refractivity contribution in [3.63, 3.8) is 0 Å². The second-order valence-corrected chi connectivity index (χ2v) is 7.67. The highest BCUT2D eigenvalue weighted by atomic mass is 35.5. The maximum absolute atomic E-state index is 12.4. The molecule has 0 aromatic heterocycles. The summed E-state index contributed by atoms with van der Waals surface area (Å²) in [5, 5.41) is 3.79. The van der Waals surface area contributed by atoms with Crippen molar-refractivity contribution in [2.45, 2.75) is 13.0 Å². The Morgan fingerprint density at radius 2 is 1.68 bits per heavy atom. The fourth-order valence-corrected chi connectivity index (χ4v) is 3.48. The summed E-state index contributed by atoms with van der Waals surface area (Å²) >= 11 is 5.92. The third kappa shape index (κ3) is 6.48. The fraction of sp³-hybridized carbons (Fsp3) is 0.348. The van der Waals surface area contributed by atoms with Gasteiger partial charge in [-0.2, -0.15) is 0 Å². The molecule has 1 heterocycles. The number of carbonyl (C=O) groups is 1. The fourth-order valence-electron chi connectivity index (χ4n) is 3.36. The number of carbonyl (C=O) groups excluding carboxylic acids is 1. The molecule has 0 aliphatic carbocycles. The minimum Gasteiger partial charge on any atom is -0.348 e. The van der Waals surface area contributed by atoms with Crippen molar-refractivity contribution in [3.05, 3.63) is 76.8 Å². The van der Waals surface area contributed by atoms with Crippen molar-refractivity contribution < 1.29 is 4.79 Å². The van der Waals surface area contributed by atoms with Crippen LogP contribution in [0, 0.1) is 0 Å². The summed E-state index contributed by atoms with van der Waals surface area (Å²) in [6.07, 6.45) is 4.38. The van der Waals surface area contributed by atoms with Gasteiger partial charge in [-0.3, -0.25) is 14.6 Å². The first kappa shape index (κ1) is 20.6. The molecule has 1 aliphatic rings. The van der Waals surface area contributed by atoms with Crippen LogP contribution in [0.15, 0.2) is 60.7 Å². The van der Waals surface area contributed by atoms with Gasteiger partial charge in [0, 0.05) is 37.7 Å². The molecule has 4 nitrogen and oxygen atoms in total. The predicted octanol–water partition coefficient (Wildman–Crippen LogP) is 3.85. The molecule has 1 aliphatic heterocycles. The largest absolute Gasteiger partial charge is 0.348 e. The molecule has 1 N–H and O–H groups in total. The number of hydrogen-bond donors (Lipinski definition) is 1. The minimum atomic E-state index is -0.0193. The molecule has 148 valence electrons. The van der Waals surface area contributed by atoms with Crippen molar-refractivity contribution in [1.82, 2.24) is 15.1 Å². The first-order valence-corrected chi connectivity index (χ1v) is 10.2. The van der Waals surface area contributed by atoms with E-state index in [4.69, 9.17) is 11.6 Å². The lowest BCUT2D eigenvalue weighted by molar-refractivity contribution is -0.123. The van der Waals surface area contributed by atoms with Gasteiger partial charge >= 0.3 is 0 Å². The van der Waals surface area contributed by atoms with E-state index in [0.717, 1.165) is 38.3 Å². The Morgan fingerprint density at radius 1 is 1.04 bits per heavy atom. The molecule has 5 heteroatoms. The van der Waals surface area contributed by atoms with E-state index in [9.17, 15) is 4.79 Å². The number of nitrogens with zero attached hydrogens (tertiary/aromatic N) is 2. The predicted molar refractivity (Wildman–Crippen MR) is 116 cm³/mol. The van der Waals surface area contributed by atoms with E-state index in [1.165, 1.54) is 5.56 Å².